The number of benzene rings is 2. The van der Waals surface area contributed by atoms with E-state index in [0.29, 0.717) is 23.6 Å². The van der Waals surface area contributed by atoms with Crippen molar-refractivity contribution in [3.8, 4) is 0 Å². The summed E-state index contributed by atoms with van der Waals surface area (Å²) in [6.45, 7) is 4.34. The van der Waals surface area contributed by atoms with Gasteiger partial charge < -0.3 is 5.32 Å². The Morgan fingerprint density at radius 1 is 1.27 bits per heavy atom. The Morgan fingerprint density at radius 2 is 2.04 bits per heavy atom. The lowest BCUT2D eigenvalue weighted by Crippen LogP contribution is -2.37. The highest BCUT2D eigenvalue weighted by molar-refractivity contribution is 9.10. The van der Waals surface area contributed by atoms with Gasteiger partial charge in [-0.25, -0.2) is 4.99 Å². The molecule has 0 saturated carbocycles. The van der Waals surface area contributed by atoms with Gasteiger partial charge in [0.25, 0.3) is 11.8 Å². The van der Waals surface area contributed by atoms with Crippen molar-refractivity contribution in [1.29, 1.82) is 0 Å². The van der Waals surface area contributed by atoms with Crippen LogP contribution in [0.5, 0.6) is 0 Å². The standard InChI is InChI=1S/C20H18BrClN2O2/c1-11-3-4-13-9-14(19(25)24-18(13)12(11)2)7-8-23-20(26)16-10-15(21)5-6-17(16)22/h3-6,9-10,14H,7-8H2,1-2H3,(H,23,26). The molecule has 0 fully saturated rings. The van der Waals surface area contributed by atoms with E-state index in [4.69, 9.17) is 11.6 Å². The Labute approximate surface area is 165 Å². The van der Waals surface area contributed by atoms with E-state index in [2.05, 4.69) is 26.2 Å². The van der Waals surface area contributed by atoms with Crippen LogP contribution in [-0.4, -0.2) is 18.4 Å². The number of hydrogen-bond donors (Lipinski definition) is 1. The van der Waals surface area contributed by atoms with Crippen LogP contribution in [0.3, 0.4) is 0 Å². The smallest absolute Gasteiger partial charge is 0.253 e. The van der Waals surface area contributed by atoms with Crippen LogP contribution in [0.4, 0.5) is 0 Å². The number of carbonyl (C=O) groups is 2. The van der Waals surface area contributed by atoms with E-state index < -0.39 is 0 Å². The van der Waals surface area contributed by atoms with Gasteiger partial charge in [0.05, 0.1) is 21.9 Å². The highest BCUT2D eigenvalue weighted by Crippen LogP contribution is 2.21. The van der Waals surface area contributed by atoms with Crippen LogP contribution in [-0.2, 0) is 4.79 Å². The average Bonchev–Trinajstić information content (AvgIpc) is 2.61. The third-order valence-corrected chi connectivity index (χ3v) is 5.39. The Kier molecular flexibility index (Phi) is 5.58. The molecular formula is C20H18BrClN2O2. The van der Waals surface area contributed by atoms with E-state index >= 15 is 0 Å². The van der Waals surface area contributed by atoms with Crippen LogP contribution >= 0.6 is 27.5 Å². The molecule has 1 N–H and O–H groups in total. The molecule has 1 atom stereocenters. The zero-order valence-electron chi connectivity index (χ0n) is 14.5. The molecule has 0 aromatic heterocycles. The third-order valence-electron chi connectivity index (χ3n) is 4.57. The second-order valence-electron chi connectivity index (χ2n) is 6.34. The summed E-state index contributed by atoms with van der Waals surface area (Å²) in [6, 6.07) is 9.13. The highest BCUT2D eigenvalue weighted by atomic mass is 79.9. The van der Waals surface area contributed by atoms with Crippen molar-refractivity contribution in [2.45, 2.75) is 20.3 Å². The van der Waals surface area contributed by atoms with Crippen LogP contribution in [0, 0.1) is 19.8 Å². The molecule has 0 aliphatic carbocycles. The number of amides is 2. The number of carbonyl (C=O) groups excluding carboxylic acids is 2. The molecule has 6 heteroatoms. The number of halogens is 2. The topological polar surface area (TPSA) is 58.5 Å². The molecule has 0 spiro atoms. The summed E-state index contributed by atoms with van der Waals surface area (Å²) in [7, 11) is 0. The number of rotatable bonds is 4. The van der Waals surface area contributed by atoms with Gasteiger partial charge in [0.2, 0.25) is 0 Å². The van der Waals surface area contributed by atoms with Gasteiger partial charge in [-0.15, -0.1) is 0 Å². The highest BCUT2D eigenvalue weighted by Gasteiger charge is 2.19. The molecular weight excluding hydrogens is 416 g/mol. The fourth-order valence-electron chi connectivity index (χ4n) is 2.90. The average molecular weight is 434 g/mol. The lowest BCUT2D eigenvalue weighted by Gasteiger charge is -2.14. The van der Waals surface area contributed by atoms with Gasteiger partial charge in [0.1, 0.15) is 0 Å². The first-order valence-corrected chi connectivity index (χ1v) is 9.48. The van der Waals surface area contributed by atoms with Gasteiger partial charge in [0, 0.05) is 11.0 Å². The van der Waals surface area contributed by atoms with E-state index in [-0.39, 0.29) is 17.7 Å². The normalized spacial score (nSPS) is 15.7. The molecule has 1 heterocycles. The number of hydrogen-bond acceptors (Lipinski definition) is 2. The van der Waals surface area contributed by atoms with Gasteiger partial charge in [0.15, 0.2) is 0 Å². The maximum absolute atomic E-state index is 12.3. The van der Waals surface area contributed by atoms with Crippen molar-refractivity contribution in [3.05, 3.63) is 67.1 Å². The van der Waals surface area contributed by atoms with Crippen molar-refractivity contribution in [2.75, 3.05) is 6.54 Å². The zero-order chi connectivity index (χ0) is 18.8. The SMILES string of the molecule is Cc1ccc2c(c1C)=NC(=O)C(CCNC(=O)c1cc(Br)ccc1Cl)C=2. The number of fused-ring (bicyclic) bond motifs is 1. The monoisotopic (exact) mass is 432 g/mol. The first-order chi connectivity index (χ1) is 12.4. The third kappa shape index (κ3) is 3.89. The molecule has 134 valence electrons. The first kappa shape index (κ1) is 18.8. The summed E-state index contributed by atoms with van der Waals surface area (Å²) in [5.41, 5.74) is 2.55. The molecule has 26 heavy (non-hydrogen) atoms. The first-order valence-electron chi connectivity index (χ1n) is 8.30. The molecule has 1 aliphatic rings. The lowest BCUT2D eigenvalue weighted by atomic mass is 9.98. The predicted octanol–water partition coefficient (Wildman–Crippen LogP) is 3.10. The molecule has 2 aromatic carbocycles. The second-order valence-corrected chi connectivity index (χ2v) is 7.66. The number of nitrogens with one attached hydrogen (secondary N) is 1. The van der Waals surface area contributed by atoms with Gasteiger partial charge in [-0.05, 0) is 54.8 Å². The summed E-state index contributed by atoms with van der Waals surface area (Å²) in [4.78, 5) is 28.9. The maximum atomic E-state index is 12.3. The van der Waals surface area contributed by atoms with Gasteiger partial charge in [-0.1, -0.05) is 45.7 Å². The van der Waals surface area contributed by atoms with E-state index in [9.17, 15) is 9.59 Å². The van der Waals surface area contributed by atoms with Crippen molar-refractivity contribution in [1.82, 2.24) is 5.32 Å². The summed E-state index contributed by atoms with van der Waals surface area (Å²) >= 11 is 9.40. The molecule has 0 bridgehead atoms. The summed E-state index contributed by atoms with van der Waals surface area (Å²) in [6.07, 6.45) is 2.43. The number of nitrogens with zero attached hydrogens (tertiary/aromatic N) is 1. The minimum Gasteiger partial charge on any atom is -0.352 e. The maximum Gasteiger partial charge on any atom is 0.253 e. The summed E-state index contributed by atoms with van der Waals surface area (Å²) < 4.78 is 0.781. The quantitative estimate of drug-likeness (QED) is 0.805. The summed E-state index contributed by atoms with van der Waals surface area (Å²) in [5.74, 6) is -0.757. The molecule has 2 aromatic rings. The van der Waals surface area contributed by atoms with Crippen LogP contribution < -0.4 is 15.9 Å². The molecule has 0 saturated heterocycles. The second kappa shape index (κ2) is 7.72. The van der Waals surface area contributed by atoms with E-state index in [0.717, 1.165) is 26.2 Å². The largest absolute Gasteiger partial charge is 0.352 e. The predicted molar refractivity (Wildman–Crippen MR) is 106 cm³/mol. The Morgan fingerprint density at radius 3 is 2.81 bits per heavy atom. The van der Waals surface area contributed by atoms with E-state index in [1.54, 1.807) is 18.2 Å². The molecule has 4 nitrogen and oxygen atoms in total. The van der Waals surface area contributed by atoms with E-state index in [1.807, 2.05) is 32.1 Å². The molecule has 3 rings (SSSR count). The van der Waals surface area contributed by atoms with Gasteiger partial charge in [-0.3, -0.25) is 9.59 Å². The van der Waals surface area contributed by atoms with E-state index in [1.165, 1.54) is 0 Å². The summed E-state index contributed by atoms with van der Waals surface area (Å²) in [5, 5.41) is 4.94. The Bertz CT molecular complexity index is 1020. The fourth-order valence-corrected chi connectivity index (χ4v) is 3.47. The van der Waals surface area contributed by atoms with Crippen molar-refractivity contribution in [3.63, 3.8) is 0 Å². The van der Waals surface area contributed by atoms with Crippen LogP contribution in [0.15, 0.2) is 39.8 Å². The molecule has 1 unspecified atom stereocenters. The Balaban J connectivity index is 1.69. The number of aryl methyl sites for hydroxylation is 1. The van der Waals surface area contributed by atoms with Crippen molar-refractivity contribution < 1.29 is 9.59 Å². The Hall–Kier alpha value is -1.98. The van der Waals surface area contributed by atoms with Crippen LogP contribution in [0.1, 0.15) is 27.9 Å². The minimum absolute atomic E-state index is 0.166. The van der Waals surface area contributed by atoms with Crippen molar-refractivity contribution in [2.24, 2.45) is 10.9 Å². The minimum atomic E-state index is -0.331. The fraction of sp³-hybridized carbons (Fsp3) is 0.250. The van der Waals surface area contributed by atoms with Gasteiger partial charge in [-0.2, -0.15) is 0 Å². The van der Waals surface area contributed by atoms with Crippen LogP contribution in [0.2, 0.25) is 5.02 Å². The molecule has 0 radical (unpaired) electrons. The zero-order valence-corrected chi connectivity index (χ0v) is 16.8. The lowest BCUT2D eigenvalue weighted by molar-refractivity contribution is -0.120. The van der Waals surface area contributed by atoms with Gasteiger partial charge >= 0.3 is 0 Å². The van der Waals surface area contributed by atoms with Crippen LogP contribution in [0.25, 0.3) is 6.08 Å². The molecule has 1 aliphatic heterocycles. The molecule has 2 amide bonds. The van der Waals surface area contributed by atoms with Crippen molar-refractivity contribution >= 4 is 45.4 Å².